The monoisotopic (exact) mass is 551 g/mol. The average molecular weight is 550 g/mol. The van der Waals surface area contributed by atoms with Gasteiger partial charge in [0.05, 0.1) is 0 Å². The summed E-state index contributed by atoms with van der Waals surface area (Å²) in [7, 11) is 0. The molecule has 0 fully saturated rings. The van der Waals surface area contributed by atoms with Crippen molar-refractivity contribution in [2.75, 3.05) is 0 Å². The summed E-state index contributed by atoms with van der Waals surface area (Å²) in [6.45, 7) is 0. The van der Waals surface area contributed by atoms with E-state index in [9.17, 15) is 0 Å². The predicted octanol–water partition coefficient (Wildman–Crippen LogP) is -1.64. The van der Waals surface area contributed by atoms with Gasteiger partial charge < -0.3 is 0 Å². The Labute approximate surface area is 107 Å². The van der Waals surface area contributed by atoms with Crippen molar-refractivity contribution in [3.8, 4) is 0 Å². The normalized spacial score (nSPS) is 0.667. The minimum atomic E-state index is 0. The van der Waals surface area contributed by atoms with Crippen LogP contribution in [-0.2, 0) is 22.2 Å². The molecule has 23 valence electrons. The molecular weight excluding hydrogens is 550 g/mol. The van der Waals surface area contributed by atoms with E-state index in [2.05, 4.69) is 0 Å². The summed E-state index contributed by atoms with van der Waals surface area (Å²) < 4.78 is 8.39. The quantitative estimate of drug-likeness (QED) is 0.332. The molecule has 0 heterocycles. The molecule has 0 saturated heterocycles. The molecule has 0 unspecified atom stereocenters. The molecule has 0 aromatic heterocycles. The molecule has 13 radical (unpaired) electrons. The third-order valence-corrected chi connectivity index (χ3v) is 0. The van der Waals surface area contributed by atoms with Crippen LogP contribution in [0.5, 0.6) is 0 Å². The van der Waals surface area contributed by atoms with E-state index >= 15 is 0 Å². The average Bonchev–Trinajstić information content (AvgIpc) is 1.00. The van der Waals surface area contributed by atoms with E-state index in [1.165, 1.54) is 0 Å². The van der Waals surface area contributed by atoms with Gasteiger partial charge in [0.25, 0.3) is 0 Å². The Hall–Kier alpha value is 3.32. The van der Waals surface area contributed by atoms with Crippen molar-refractivity contribution in [2.24, 2.45) is 0 Å². The summed E-state index contributed by atoms with van der Waals surface area (Å²) in [4.78, 5) is 0. The van der Waals surface area contributed by atoms with Crippen molar-refractivity contribution in [1.82, 2.24) is 0 Å². The maximum absolute atomic E-state index is 8.39. The molecule has 0 spiro atoms. The first kappa shape index (κ1) is 34.6. The Kier molecular flexibility index (Phi) is 233. The molecule has 0 atom stereocenters. The minimum Gasteiger partial charge on any atom is 0 e. The molecule has 1 nitrogen and oxygen atoms in total. The van der Waals surface area contributed by atoms with Crippen LogP contribution in [0.1, 0.15) is 0 Å². The van der Waals surface area contributed by atoms with Crippen molar-refractivity contribution < 1.29 is 22.2 Å². The largest absolute Gasteiger partial charge is 0 e. The van der Waals surface area contributed by atoms with Gasteiger partial charge in [0.15, 0.2) is 0 Å². The zero-order valence-electron chi connectivity index (χ0n) is 3.19. The van der Waals surface area contributed by atoms with E-state index in [1.807, 2.05) is 0 Å². The first-order valence-corrected chi connectivity index (χ1v) is 1.79. The second kappa shape index (κ2) is 40.4. The van der Waals surface area contributed by atoms with Gasteiger partial charge in [0.1, 0.15) is 0 Å². The zero-order valence-corrected chi connectivity index (χ0v) is 17.4. The Morgan fingerprint density at radius 3 is 1.17 bits per heavy atom. The van der Waals surface area contributed by atoms with Gasteiger partial charge in [-0.05, 0) is 0 Å². The molecule has 0 bridgehead atoms. The second-order valence-electron chi connectivity index (χ2n) is 0. The topological polar surface area (TPSA) is 17.1 Å². The third kappa shape index (κ3) is 26.5. The first-order chi connectivity index (χ1) is 1.00. The van der Waals surface area contributed by atoms with Crippen molar-refractivity contribution in [3.63, 3.8) is 0 Å². The molecule has 0 aliphatic carbocycles. The minimum absolute atomic E-state index is 0. The van der Waals surface area contributed by atoms with Gasteiger partial charge in [-0.3, -0.25) is 0 Å². The fourth-order valence-electron chi connectivity index (χ4n) is 0. The molecule has 0 aliphatic heterocycles. The molecule has 0 aromatic carbocycles. The van der Waals surface area contributed by atoms with Crippen LogP contribution in [0, 0.1) is 0 Å². The Bertz CT molecular complexity index is 15.5. The second-order valence-corrected chi connectivity index (χ2v) is 0. The van der Waals surface area contributed by atoms with Crippen LogP contribution in [0.25, 0.3) is 0 Å². The van der Waals surface area contributed by atoms with Gasteiger partial charge in [-0.2, -0.15) is 0 Å². The molecular formula is GaGeOPbSnZn. The third-order valence-electron chi connectivity index (χ3n) is 0. The fraction of sp³-hybridized carbons (Fsp3) is 0. The Balaban J connectivity index is -0.000000000833. The standard InChI is InChI=1S/Ga.Ge.O.Pb.Sn.Zn. The summed E-state index contributed by atoms with van der Waals surface area (Å²) >= 11 is 0.0556. The molecule has 6 heavy (non-hydrogen) atoms. The number of rotatable bonds is 0. The van der Waals surface area contributed by atoms with Crippen LogP contribution in [0.15, 0.2) is 0 Å². The first-order valence-electron chi connectivity index (χ1n) is 0.204. The van der Waals surface area contributed by atoms with Gasteiger partial charge in [-0.15, -0.1) is 0 Å². The SMILES string of the molecule is [Ga].[Ge].[O]=[Pb].[Sn].[Zn]. The van der Waals surface area contributed by atoms with Gasteiger partial charge >= 0.3 is 28.5 Å². The van der Waals surface area contributed by atoms with Crippen molar-refractivity contribution in [3.05, 3.63) is 0 Å². The maximum Gasteiger partial charge on any atom is 0 e. The summed E-state index contributed by atoms with van der Waals surface area (Å²) in [5.74, 6) is 0. The molecule has 0 rings (SSSR count). The molecule has 0 aliphatic rings. The summed E-state index contributed by atoms with van der Waals surface area (Å²) in [5.41, 5.74) is 0. The van der Waals surface area contributed by atoms with E-state index < -0.39 is 0 Å². The summed E-state index contributed by atoms with van der Waals surface area (Å²) in [6.07, 6.45) is 0. The van der Waals surface area contributed by atoms with Crippen LogP contribution < -0.4 is 0 Å². The van der Waals surface area contributed by atoms with Crippen LogP contribution >= 0.6 is 0 Å². The Morgan fingerprint density at radius 1 is 1.17 bits per heavy atom. The summed E-state index contributed by atoms with van der Waals surface area (Å²) in [6, 6.07) is 0. The Morgan fingerprint density at radius 2 is 1.17 bits per heavy atom. The number of hydrogen-bond acceptors (Lipinski definition) is 1. The van der Waals surface area contributed by atoms with E-state index in [0.29, 0.717) is 0 Å². The smallest absolute Gasteiger partial charge is 0 e. The molecule has 0 N–H and O–H groups in total. The van der Waals surface area contributed by atoms with E-state index in [4.69, 9.17) is 2.69 Å². The van der Waals surface area contributed by atoms with Gasteiger partial charge in [-0.1, -0.05) is 0 Å². The van der Waals surface area contributed by atoms with Gasteiger partial charge in [0.2, 0.25) is 0 Å². The van der Waals surface area contributed by atoms with Crippen LogP contribution in [0.4, 0.5) is 0 Å². The van der Waals surface area contributed by atoms with Crippen LogP contribution in [-0.4, -0.2) is 87.1 Å². The molecule has 6 heteroatoms. The van der Waals surface area contributed by atoms with Crippen molar-refractivity contribution in [2.45, 2.75) is 0 Å². The van der Waals surface area contributed by atoms with Crippen molar-refractivity contribution in [1.29, 1.82) is 0 Å². The van der Waals surface area contributed by atoms with Gasteiger partial charge in [0, 0.05) is 80.8 Å². The maximum atomic E-state index is 8.39. The van der Waals surface area contributed by atoms with Gasteiger partial charge in [-0.25, -0.2) is 0 Å². The van der Waals surface area contributed by atoms with Crippen LogP contribution in [0.2, 0.25) is 0 Å². The summed E-state index contributed by atoms with van der Waals surface area (Å²) in [5, 5.41) is 0. The molecule has 0 aromatic rings. The van der Waals surface area contributed by atoms with E-state index in [0.717, 1.165) is 0 Å². The molecule has 0 saturated carbocycles. The number of hydrogen-bond donors (Lipinski definition) is 0. The fourth-order valence-corrected chi connectivity index (χ4v) is 0. The zero-order chi connectivity index (χ0) is 2.00. The van der Waals surface area contributed by atoms with Crippen LogP contribution in [0.3, 0.4) is 0 Å². The van der Waals surface area contributed by atoms with E-state index in [1.54, 1.807) is 0 Å². The van der Waals surface area contributed by atoms with Crippen molar-refractivity contribution >= 4 is 87.1 Å². The molecule has 0 amide bonds. The van der Waals surface area contributed by atoms with E-state index in [-0.39, 0.29) is 107 Å². The predicted molar refractivity (Wildman–Crippen MR) is 23.7 cm³/mol.